The molecule has 0 bridgehead atoms. The van der Waals surface area contributed by atoms with Crippen molar-refractivity contribution in [2.75, 3.05) is 7.11 Å². The summed E-state index contributed by atoms with van der Waals surface area (Å²) >= 11 is 3.27. The van der Waals surface area contributed by atoms with Crippen LogP contribution in [0.2, 0.25) is 0 Å². The van der Waals surface area contributed by atoms with Gasteiger partial charge in [0.05, 0.1) is 12.8 Å². The van der Waals surface area contributed by atoms with Gasteiger partial charge in [0, 0.05) is 23.2 Å². The fourth-order valence-corrected chi connectivity index (χ4v) is 5.04. The summed E-state index contributed by atoms with van der Waals surface area (Å²) in [6.45, 7) is 8.55. The standard InChI is InChI=1S/C25H26N4O2S2/c1-5-14-29-23(18(3)31-22-12-10-21(30-4)11-13-22)27-28-25(29)33-16-20-15-32-24(26-20)19-8-6-17(2)7-9-19/h5-13,15,18H,1,14,16H2,2-4H3. The van der Waals surface area contributed by atoms with Crippen molar-refractivity contribution in [1.29, 1.82) is 0 Å². The van der Waals surface area contributed by atoms with E-state index in [-0.39, 0.29) is 6.10 Å². The third kappa shape index (κ3) is 5.64. The van der Waals surface area contributed by atoms with Crippen LogP contribution in [0.5, 0.6) is 11.5 Å². The highest BCUT2D eigenvalue weighted by atomic mass is 32.2. The van der Waals surface area contributed by atoms with Gasteiger partial charge < -0.3 is 9.47 Å². The van der Waals surface area contributed by atoms with Gasteiger partial charge in [-0.2, -0.15) is 0 Å². The number of thiazole rings is 1. The predicted octanol–water partition coefficient (Wildman–Crippen LogP) is 6.34. The number of methoxy groups -OCH3 is 1. The molecule has 2 heterocycles. The van der Waals surface area contributed by atoms with E-state index in [1.54, 1.807) is 30.2 Å². The Balaban J connectivity index is 1.45. The molecule has 33 heavy (non-hydrogen) atoms. The van der Waals surface area contributed by atoms with Crippen LogP contribution in [-0.2, 0) is 12.3 Å². The van der Waals surface area contributed by atoms with Crippen LogP contribution in [0.25, 0.3) is 10.6 Å². The monoisotopic (exact) mass is 478 g/mol. The van der Waals surface area contributed by atoms with Gasteiger partial charge in [-0.25, -0.2) is 4.98 Å². The Morgan fingerprint density at radius 1 is 1.09 bits per heavy atom. The maximum absolute atomic E-state index is 6.09. The summed E-state index contributed by atoms with van der Waals surface area (Å²) in [5.74, 6) is 3.01. The molecule has 1 unspecified atom stereocenters. The van der Waals surface area contributed by atoms with Crippen molar-refractivity contribution in [3.05, 3.63) is 83.6 Å². The molecule has 4 aromatic rings. The molecule has 2 aromatic carbocycles. The molecule has 0 aliphatic carbocycles. The second-order valence-corrected chi connectivity index (χ2v) is 9.27. The quantitative estimate of drug-likeness (QED) is 0.196. The van der Waals surface area contributed by atoms with Crippen LogP contribution in [0.4, 0.5) is 0 Å². The van der Waals surface area contributed by atoms with E-state index in [0.29, 0.717) is 12.3 Å². The van der Waals surface area contributed by atoms with E-state index in [1.807, 2.05) is 41.8 Å². The van der Waals surface area contributed by atoms with Gasteiger partial charge in [-0.15, -0.1) is 28.1 Å². The molecule has 0 aliphatic rings. The highest BCUT2D eigenvalue weighted by Crippen LogP contribution is 2.30. The molecule has 1 atom stereocenters. The van der Waals surface area contributed by atoms with Crippen molar-refractivity contribution in [3.8, 4) is 22.1 Å². The number of allylic oxidation sites excluding steroid dienone is 1. The third-order valence-electron chi connectivity index (χ3n) is 4.99. The van der Waals surface area contributed by atoms with Gasteiger partial charge in [-0.1, -0.05) is 47.7 Å². The summed E-state index contributed by atoms with van der Waals surface area (Å²) in [6, 6.07) is 16.0. The molecule has 170 valence electrons. The fraction of sp³-hybridized carbons (Fsp3) is 0.240. The summed E-state index contributed by atoms with van der Waals surface area (Å²) in [6.07, 6.45) is 1.57. The fourth-order valence-electron chi connectivity index (χ4n) is 3.26. The van der Waals surface area contributed by atoms with Crippen LogP contribution in [0.1, 0.15) is 30.1 Å². The molecule has 8 heteroatoms. The zero-order valence-corrected chi connectivity index (χ0v) is 20.5. The smallest absolute Gasteiger partial charge is 0.192 e. The second kappa shape index (κ2) is 10.7. The van der Waals surface area contributed by atoms with Crippen molar-refractivity contribution in [1.82, 2.24) is 19.7 Å². The SMILES string of the molecule is C=CCn1c(SCc2csc(-c3ccc(C)cc3)n2)nnc1C(C)Oc1ccc(OC)cc1. The Kier molecular flexibility index (Phi) is 7.47. The third-order valence-corrected chi connectivity index (χ3v) is 6.93. The summed E-state index contributed by atoms with van der Waals surface area (Å²) in [7, 11) is 1.64. The maximum Gasteiger partial charge on any atom is 0.192 e. The number of hydrogen-bond acceptors (Lipinski definition) is 7. The average Bonchev–Trinajstić information content (AvgIpc) is 3.46. The average molecular weight is 479 g/mol. The molecule has 0 saturated carbocycles. The Hall–Kier alpha value is -3.10. The minimum atomic E-state index is -0.271. The number of hydrogen-bond donors (Lipinski definition) is 0. The van der Waals surface area contributed by atoms with Gasteiger partial charge in [0.2, 0.25) is 0 Å². The highest BCUT2D eigenvalue weighted by molar-refractivity contribution is 7.98. The van der Waals surface area contributed by atoms with Crippen LogP contribution in [0.15, 0.2) is 71.7 Å². The van der Waals surface area contributed by atoms with Gasteiger partial charge >= 0.3 is 0 Å². The Labute approximate surface area is 202 Å². The van der Waals surface area contributed by atoms with Crippen LogP contribution < -0.4 is 9.47 Å². The second-order valence-electron chi connectivity index (χ2n) is 7.47. The predicted molar refractivity (Wildman–Crippen MR) is 134 cm³/mol. The first-order valence-corrected chi connectivity index (χ1v) is 12.4. The first-order chi connectivity index (χ1) is 16.1. The van der Waals surface area contributed by atoms with E-state index in [0.717, 1.165) is 38.7 Å². The largest absolute Gasteiger partial charge is 0.497 e. The lowest BCUT2D eigenvalue weighted by Crippen LogP contribution is -2.12. The van der Waals surface area contributed by atoms with E-state index in [9.17, 15) is 0 Å². The van der Waals surface area contributed by atoms with Gasteiger partial charge in [0.25, 0.3) is 0 Å². The number of thioether (sulfide) groups is 1. The van der Waals surface area contributed by atoms with Crippen LogP contribution >= 0.6 is 23.1 Å². The maximum atomic E-state index is 6.09. The Morgan fingerprint density at radius 3 is 2.52 bits per heavy atom. The van der Waals surface area contributed by atoms with Crippen molar-refractivity contribution in [3.63, 3.8) is 0 Å². The number of benzene rings is 2. The van der Waals surface area contributed by atoms with E-state index in [2.05, 4.69) is 53.3 Å². The van der Waals surface area contributed by atoms with E-state index >= 15 is 0 Å². The zero-order valence-electron chi connectivity index (χ0n) is 18.9. The normalized spacial score (nSPS) is 11.8. The van der Waals surface area contributed by atoms with E-state index < -0.39 is 0 Å². The number of aromatic nitrogens is 4. The number of aryl methyl sites for hydroxylation is 1. The van der Waals surface area contributed by atoms with Gasteiger partial charge in [0.15, 0.2) is 17.1 Å². The summed E-state index contributed by atoms with van der Waals surface area (Å²) < 4.78 is 13.3. The Morgan fingerprint density at radius 2 is 1.82 bits per heavy atom. The van der Waals surface area contributed by atoms with Crippen LogP contribution in [0.3, 0.4) is 0 Å². The molecule has 0 radical (unpaired) electrons. The van der Waals surface area contributed by atoms with Gasteiger partial charge in [0.1, 0.15) is 16.5 Å². The Bertz CT molecular complexity index is 1200. The minimum absolute atomic E-state index is 0.271. The molecule has 0 N–H and O–H groups in total. The summed E-state index contributed by atoms with van der Waals surface area (Å²) in [4.78, 5) is 4.80. The molecule has 0 fully saturated rings. The van der Waals surface area contributed by atoms with Crippen LogP contribution in [0, 0.1) is 6.92 Å². The lowest BCUT2D eigenvalue weighted by molar-refractivity contribution is 0.210. The molecular formula is C25H26N4O2S2. The summed E-state index contributed by atoms with van der Waals surface area (Å²) in [5, 5.41) is 12.8. The molecule has 0 spiro atoms. The molecule has 0 amide bonds. The number of ether oxygens (including phenoxy) is 2. The molecule has 4 rings (SSSR count). The summed E-state index contributed by atoms with van der Waals surface area (Å²) in [5.41, 5.74) is 3.41. The van der Waals surface area contributed by atoms with E-state index in [4.69, 9.17) is 14.5 Å². The highest BCUT2D eigenvalue weighted by Gasteiger charge is 2.19. The molecule has 2 aromatic heterocycles. The number of nitrogens with zero attached hydrogens (tertiary/aromatic N) is 4. The van der Waals surface area contributed by atoms with Crippen molar-refractivity contribution in [2.45, 2.75) is 37.4 Å². The lowest BCUT2D eigenvalue weighted by Gasteiger charge is -2.16. The first kappa shape index (κ1) is 23.1. The molecule has 6 nitrogen and oxygen atoms in total. The van der Waals surface area contributed by atoms with Gasteiger partial charge in [-0.3, -0.25) is 4.57 Å². The molecular weight excluding hydrogens is 452 g/mol. The van der Waals surface area contributed by atoms with E-state index in [1.165, 1.54) is 5.56 Å². The lowest BCUT2D eigenvalue weighted by atomic mass is 10.2. The topological polar surface area (TPSA) is 62.1 Å². The van der Waals surface area contributed by atoms with Crippen molar-refractivity contribution < 1.29 is 9.47 Å². The molecule has 0 aliphatic heterocycles. The van der Waals surface area contributed by atoms with Gasteiger partial charge in [-0.05, 0) is 38.1 Å². The zero-order chi connectivity index (χ0) is 23.2. The number of rotatable bonds is 10. The van der Waals surface area contributed by atoms with Crippen molar-refractivity contribution in [2.24, 2.45) is 0 Å². The first-order valence-electron chi connectivity index (χ1n) is 10.6. The molecule has 0 saturated heterocycles. The van der Waals surface area contributed by atoms with Crippen molar-refractivity contribution >= 4 is 23.1 Å². The van der Waals surface area contributed by atoms with Crippen LogP contribution in [-0.4, -0.2) is 26.9 Å². The minimum Gasteiger partial charge on any atom is -0.497 e.